The number of halogens is 3. The van der Waals surface area contributed by atoms with Crippen LogP contribution in [-0.4, -0.2) is 34.0 Å². The molecule has 0 radical (unpaired) electrons. The van der Waals surface area contributed by atoms with Crippen LogP contribution >= 0.6 is 0 Å². The molecule has 2 aromatic rings. The molecule has 0 saturated carbocycles. The van der Waals surface area contributed by atoms with Gasteiger partial charge in [-0.25, -0.2) is 4.98 Å². The van der Waals surface area contributed by atoms with Gasteiger partial charge in [0.05, 0.1) is 18.8 Å². The lowest BCUT2D eigenvalue weighted by atomic mass is 9.87. The minimum absolute atomic E-state index is 0.280. The summed E-state index contributed by atoms with van der Waals surface area (Å²) in [6.07, 6.45) is -4.07. The summed E-state index contributed by atoms with van der Waals surface area (Å²) in [7, 11) is 1.47. The Kier molecular flexibility index (Phi) is 4.37. The average molecular weight is 316 g/mol. The number of nitrogens with one attached hydrogen (secondary N) is 1. The average Bonchev–Trinajstić information content (AvgIpc) is 2.76. The molecule has 0 bridgehead atoms. The zero-order valence-corrected chi connectivity index (χ0v) is 12.7. The smallest absolute Gasteiger partial charge is 0.417 e. The minimum atomic E-state index is -4.69. The van der Waals surface area contributed by atoms with E-state index in [1.165, 1.54) is 13.3 Å². The van der Waals surface area contributed by atoms with Crippen molar-refractivity contribution in [3.8, 4) is 5.88 Å². The molecule has 0 aliphatic rings. The van der Waals surface area contributed by atoms with Gasteiger partial charge in [0, 0.05) is 23.6 Å². The molecule has 0 aliphatic carbocycles. The molecule has 2 rings (SSSR count). The number of hydrogen-bond donors (Lipinski definition) is 2. The topological polar surface area (TPSA) is 58.1 Å². The third kappa shape index (κ3) is 3.35. The monoisotopic (exact) mass is 316 g/mol. The number of H-pyrrole nitrogens is 1. The van der Waals surface area contributed by atoms with E-state index >= 15 is 0 Å². The Bertz CT molecular complexity index is 652. The highest BCUT2D eigenvalue weighted by Gasteiger charge is 2.53. The Labute approximate surface area is 126 Å². The van der Waals surface area contributed by atoms with Crippen molar-refractivity contribution in [2.45, 2.75) is 38.5 Å². The number of pyridine rings is 1. The van der Waals surface area contributed by atoms with Crippen molar-refractivity contribution < 1.29 is 23.0 Å². The van der Waals surface area contributed by atoms with Crippen molar-refractivity contribution in [1.82, 2.24) is 9.97 Å². The highest BCUT2D eigenvalue weighted by Crippen LogP contribution is 2.38. The van der Waals surface area contributed by atoms with Crippen LogP contribution in [0.25, 0.3) is 10.9 Å². The van der Waals surface area contributed by atoms with Crippen molar-refractivity contribution in [2.75, 3.05) is 7.11 Å². The van der Waals surface area contributed by atoms with Gasteiger partial charge in [0.25, 0.3) is 0 Å². The summed E-state index contributed by atoms with van der Waals surface area (Å²) in [5.41, 5.74) is -1.84. The highest BCUT2D eigenvalue weighted by molar-refractivity contribution is 5.80. The largest absolute Gasteiger partial charge is 0.481 e. The summed E-state index contributed by atoms with van der Waals surface area (Å²) in [5.74, 6) is 0.101. The molecule has 0 saturated heterocycles. The molecule has 2 aromatic heterocycles. The van der Waals surface area contributed by atoms with E-state index in [0.717, 1.165) is 0 Å². The van der Waals surface area contributed by atoms with Crippen LogP contribution < -0.4 is 4.74 Å². The summed E-state index contributed by atoms with van der Waals surface area (Å²) >= 11 is 0. The summed E-state index contributed by atoms with van der Waals surface area (Å²) in [6.45, 7) is 3.30. The van der Waals surface area contributed by atoms with Crippen LogP contribution in [0.5, 0.6) is 5.88 Å². The van der Waals surface area contributed by atoms with E-state index in [9.17, 15) is 18.3 Å². The summed E-state index contributed by atoms with van der Waals surface area (Å²) < 4.78 is 44.7. The second-order valence-corrected chi connectivity index (χ2v) is 5.91. The predicted octanol–water partition coefficient (Wildman–Crippen LogP) is 3.45. The number of alkyl halides is 3. The van der Waals surface area contributed by atoms with Crippen LogP contribution in [0.15, 0.2) is 18.3 Å². The first-order chi connectivity index (χ1) is 10.1. The van der Waals surface area contributed by atoms with Gasteiger partial charge in [0.15, 0.2) is 5.60 Å². The van der Waals surface area contributed by atoms with Crippen LogP contribution in [0.3, 0.4) is 0 Å². The van der Waals surface area contributed by atoms with Crippen LogP contribution in [0.1, 0.15) is 26.0 Å². The van der Waals surface area contributed by atoms with Crippen molar-refractivity contribution in [1.29, 1.82) is 0 Å². The van der Waals surface area contributed by atoms with Crippen LogP contribution in [-0.2, 0) is 6.42 Å². The number of aromatic amines is 1. The number of ether oxygens (including phenoxy) is 1. The molecule has 0 aliphatic heterocycles. The van der Waals surface area contributed by atoms with Gasteiger partial charge in [-0.3, -0.25) is 0 Å². The second-order valence-electron chi connectivity index (χ2n) is 5.91. The lowest BCUT2D eigenvalue weighted by molar-refractivity contribution is -0.265. The molecule has 0 amide bonds. The number of hydrogen-bond acceptors (Lipinski definition) is 3. The summed E-state index contributed by atoms with van der Waals surface area (Å²) in [5, 5.41) is 10.8. The van der Waals surface area contributed by atoms with E-state index in [0.29, 0.717) is 22.5 Å². The van der Waals surface area contributed by atoms with Crippen LogP contribution in [0.4, 0.5) is 13.2 Å². The third-order valence-electron chi connectivity index (χ3n) is 3.50. The van der Waals surface area contributed by atoms with E-state index in [-0.39, 0.29) is 12.3 Å². The molecule has 122 valence electrons. The lowest BCUT2D eigenvalue weighted by Crippen LogP contribution is -2.48. The molecule has 0 fully saturated rings. The highest BCUT2D eigenvalue weighted by atomic mass is 19.4. The first-order valence-corrected chi connectivity index (χ1v) is 6.95. The van der Waals surface area contributed by atoms with Crippen molar-refractivity contribution in [2.24, 2.45) is 5.92 Å². The molecule has 1 atom stereocenters. The fourth-order valence-electron chi connectivity index (χ4n) is 2.56. The van der Waals surface area contributed by atoms with Gasteiger partial charge in [-0.1, -0.05) is 13.8 Å². The minimum Gasteiger partial charge on any atom is -0.481 e. The summed E-state index contributed by atoms with van der Waals surface area (Å²) in [4.78, 5) is 6.86. The van der Waals surface area contributed by atoms with Gasteiger partial charge in [-0.15, -0.1) is 0 Å². The molecule has 22 heavy (non-hydrogen) atoms. The number of fused-ring (bicyclic) bond motifs is 1. The van der Waals surface area contributed by atoms with E-state index < -0.39 is 18.2 Å². The Morgan fingerprint density at radius 1 is 1.32 bits per heavy atom. The molecule has 4 nitrogen and oxygen atoms in total. The molecule has 2 N–H and O–H groups in total. The maximum Gasteiger partial charge on any atom is 0.417 e. The Hall–Kier alpha value is -1.76. The SMILES string of the molecule is COc1cc2cc(CC(O)(CC(C)C)C(F)(F)F)[nH]c2cn1. The quantitative estimate of drug-likeness (QED) is 0.888. The Morgan fingerprint density at radius 2 is 2.00 bits per heavy atom. The van der Waals surface area contributed by atoms with Gasteiger partial charge in [0.2, 0.25) is 5.88 Å². The molecule has 0 aromatic carbocycles. The summed E-state index contributed by atoms with van der Waals surface area (Å²) in [6, 6.07) is 3.21. The normalized spacial score (nSPS) is 15.3. The third-order valence-corrected chi connectivity index (χ3v) is 3.50. The van der Waals surface area contributed by atoms with Crippen LogP contribution in [0, 0.1) is 5.92 Å². The zero-order chi connectivity index (χ0) is 16.5. The van der Waals surface area contributed by atoms with E-state index in [1.807, 2.05) is 0 Å². The molecule has 1 unspecified atom stereocenters. The molecule has 0 spiro atoms. The van der Waals surface area contributed by atoms with Crippen molar-refractivity contribution in [3.05, 3.63) is 24.0 Å². The lowest BCUT2D eigenvalue weighted by Gasteiger charge is -2.31. The Balaban J connectivity index is 2.34. The van der Waals surface area contributed by atoms with Crippen molar-refractivity contribution >= 4 is 10.9 Å². The van der Waals surface area contributed by atoms with Crippen molar-refractivity contribution in [3.63, 3.8) is 0 Å². The maximum absolute atomic E-state index is 13.2. The molecule has 7 heteroatoms. The maximum atomic E-state index is 13.2. The predicted molar refractivity (Wildman–Crippen MR) is 76.8 cm³/mol. The number of nitrogens with zero attached hydrogens (tertiary/aromatic N) is 1. The number of aromatic nitrogens is 2. The van der Waals surface area contributed by atoms with E-state index in [1.54, 1.807) is 26.0 Å². The van der Waals surface area contributed by atoms with E-state index in [2.05, 4.69) is 9.97 Å². The molecular weight excluding hydrogens is 297 g/mol. The van der Waals surface area contributed by atoms with Crippen LogP contribution in [0.2, 0.25) is 0 Å². The first kappa shape index (κ1) is 16.6. The first-order valence-electron chi connectivity index (χ1n) is 6.95. The van der Waals surface area contributed by atoms with Gasteiger partial charge >= 0.3 is 6.18 Å². The number of methoxy groups -OCH3 is 1. The van der Waals surface area contributed by atoms with Gasteiger partial charge in [-0.2, -0.15) is 13.2 Å². The van der Waals surface area contributed by atoms with Gasteiger partial charge in [0.1, 0.15) is 0 Å². The second kappa shape index (κ2) is 5.79. The molecule has 2 heterocycles. The Morgan fingerprint density at radius 3 is 2.55 bits per heavy atom. The number of aliphatic hydroxyl groups is 1. The fourth-order valence-corrected chi connectivity index (χ4v) is 2.56. The molecular formula is C15H19F3N2O2. The van der Waals surface area contributed by atoms with Gasteiger partial charge in [-0.05, 0) is 18.4 Å². The zero-order valence-electron chi connectivity index (χ0n) is 12.7. The standard InChI is InChI=1S/C15H19F3N2O2/c1-9(2)6-14(21,15(16,17)18)7-11-4-10-5-13(22-3)19-8-12(10)20-11/h4-5,8-9,20-21H,6-7H2,1-3H3. The number of rotatable bonds is 5. The van der Waals surface area contributed by atoms with E-state index in [4.69, 9.17) is 4.74 Å². The fraction of sp³-hybridized carbons (Fsp3) is 0.533. The van der Waals surface area contributed by atoms with Gasteiger partial charge < -0.3 is 14.8 Å².